The molecular weight excluding hydrogens is 337 g/mol. The number of hydrogen-bond donors (Lipinski definition) is 2. The number of aromatic nitrogens is 2. The summed E-state index contributed by atoms with van der Waals surface area (Å²) in [6.45, 7) is 2.18. The van der Waals surface area contributed by atoms with Gasteiger partial charge in [0.2, 0.25) is 5.95 Å². The number of anilines is 2. The van der Waals surface area contributed by atoms with Crippen LogP contribution in [0.3, 0.4) is 0 Å². The van der Waals surface area contributed by atoms with E-state index in [0.717, 1.165) is 6.20 Å². The van der Waals surface area contributed by atoms with E-state index in [9.17, 15) is 9.50 Å². The zero-order chi connectivity index (χ0) is 16.9. The van der Waals surface area contributed by atoms with Gasteiger partial charge in [0.15, 0.2) is 11.6 Å². The third-order valence-corrected chi connectivity index (χ3v) is 3.73. The van der Waals surface area contributed by atoms with Crippen LogP contribution in [0.2, 0.25) is 5.02 Å². The van der Waals surface area contributed by atoms with Gasteiger partial charge in [0.25, 0.3) is 0 Å². The first-order chi connectivity index (χ1) is 11.6. The number of aromatic hydroxyl groups is 1. The number of phenolic OH excluding ortho intramolecular Hbond substituents is 1. The normalized spacial score (nSPS) is 15.0. The van der Waals surface area contributed by atoms with Gasteiger partial charge in [-0.15, -0.1) is 0 Å². The van der Waals surface area contributed by atoms with Gasteiger partial charge < -0.3 is 14.7 Å². The number of benzene rings is 1. The topological polar surface area (TPSA) is 82.9 Å². The van der Waals surface area contributed by atoms with Gasteiger partial charge in [0.05, 0.1) is 30.6 Å². The van der Waals surface area contributed by atoms with Gasteiger partial charge in [-0.25, -0.2) is 14.8 Å². The zero-order valence-electron chi connectivity index (χ0n) is 12.6. The Balaban J connectivity index is 1.73. The molecule has 1 aromatic carbocycles. The summed E-state index contributed by atoms with van der Waals surface area (Å²) < 4.78 is 19.2. The lowest BCUT2D eigenvalue weighted by molar-refractivity contribution is 0.122. The molecule has 9 heteroatoms. The van der Waals surface area contributed by atoms with Crippen LogP contribution in [0.15, 0.2) is 29.5 Å². The van der Waals surface area contributed by atoms with Gasteiger partial charge in [-0.2, -0.15) is 10.1 Å². The first-order valence-electron chi connectivity index (χ1n) is 7.27. The maximum absolute atomic E-state index is 13.9. The number of rotatable bonds is 4. The van der Waals surface area contributed by atoms with Crippen LogP contribution in [0.25, 0.3) is 0 Å². The van der Waals surface area contributed by atoms with Gasteiger partial charge in [-0.3, -0.25) is 0 Å². The highest BCUT2D eigenvalue weighted by Crippen LogP contribution is 2.25. The SMILES string of the molecule is Oc1c(Cl)cccc1/C=N/Nc1ncc(F)c(N2CCOCC2)n1. The number of halogens is 2. The molecule has 0 aliphatic carbocycles. The molecule has 2 N–H and O–H groups in total. The van der Waals surface area contributed by atoms with Crippen LogP contribution in [-0.2, 0) is 4.74 Å². The molecule has 0 bridgehead atoms. The summed E-state index contributed by atoms with van der Waals surface area (Å²) >= 11 is 5.82. The molecule has 1 aliphatic rings. The molecule has 0 amide bonds. The summed E-state index contributed by atoms with van der Waals surface area (Å²) in [5.74, 6) is -0.218. The van der Waals surface area contributed by atoms with Crippen molar-refractivity contribution in [3.8, 4) is 5.75 Å². The Kier molecular flexibility index (Phi) is 5.07. The smallest absolute Gasteiger partial charge is 0.245 e. The monoisotopic (exact) mass is 351 g/mol. The summed E-state index contributed by atoms with van der Waals surface area (Å²) in [7, 11) is 0. The van der Waals surface area contributed by atoms with Crippen molar-refractivity contribution in [1.82, 2.24) is 9.97 Å². The molecule has 0 unspecified atom stereocenters. The minimum Gasteiger partial charge on any atom is -0.506 e. The van der Waals surface area contributed by atoms with Crippen molar-refractivity contribution in [1.29, 1.82) is 0 Å². The number of morpholine rings is 1. The molecule has 1 aromatic heterocycles. The second-order valence-corrected chi connectivity index (χ2v) is 5.42. The third kappa shape index (κ3) is 3.72. The summed E-state index contributed by atoms with van der Waals surface area (Å²) in [6.07, 6.45) is 2.47. The maximum Gasteiger partial charge on any atom is 0.245 e. The van der Waals surface area contributed by atoms with E-state index in [1.165, 1.54) is 6.21 Å². The molecule has 1 aliphatic heterocycles. The minimum atomic E-state index is -0.501. The average molecular weight is 352 g/mol. The lowest BCUT2D eigenvalue weighted by Gasteiger charge is -2.27. The van der Waals surface area contributed by atoms with E-state index in [-0.39, 0.29) is 22.5 Å². The maximum atomic E-state index is 13.9. The fraction of sp³-hybridized carbons (Fsp3) is 0.267. The summed E-state index contributed by atoms with van der Waals surface area (Å²) in [5.41, 5.74) is 3.05. The molecule has 0 saturated carbocycles. The Morgan fingerprint density at radius 1 is 1.38 bits per heavy atom. The molecule has 0 atom stereocenters. The van der Waals surface area contributed by atoms with Crippen LogP contribution in [0, 0.1) is 5.82 Å². The number of hydrogen-bond acceptors (Lipinski definition) is 7. The molecule has 1 fully saturated rings. The van der Waals surface area contributed by atoms with Crippen molar-refractivity contribution in [2.45, 2.75) is 0 Å². The minimum absolute atomic E-state index is 0.0706. The lowest BCUT2D eigenvalue weighted by Crippen LogP contribution is -2.37. The molecular formula is C15H15ClFN5O2. The molecule has 2 aromatic rings. The number of hydrazone groups is 1. The van der Waals surface area contributed by atoms with Crippen molar-refractivity contribution in [2.75, 3.05) is 36.6 Å². The molecule has 126 valence electrons. The van der Waals surface area contributed by atoms with Crippen LogP contribution in [0.1, 0.15) is 5.56 Å². The predicted molar refractivity (Wildman–Crippen MR) is 89.4 cm³/mol. The highest BCUT2D eigenvalue weighted by molar-refractivity contribution is 6.32. The Bertz CT molecular complexity index is 753. The predicted octanol–water partition coefficient (Wildman–Crippen LogP) is 2.26. The number of nitrogens with one attached hydrogen (secondary N) is 1. The first kappa shape index (κ1) is 16.4. The number of ether oxygens (including phenoxy) is 1. The van der Waals surface area contributed by atoms with E-state index < -0.39 is 5.82 Å². The molecule has 7 nitrogen and oxygen atoms in total. The first-order valence-corrected chi connectivity index (χ1v) is 7.65. The van der Waals surface area contributed by atoms with Crippen molar-refractivity contribution in [3.05, 3.63) is 40.8 Å². The van der Waals surface area contributed by atoms with Crippen LogP contribution >= 0.6 is 11.6 Å². The van der Waals surface area contributed by atoms with E-state index in [4.69, 9.17) is 16.3 Å². The Morgan fingerprint density at radius 3 is 2.96 bits per heavy atom. The van der Waals surface area contributed by atoms with Crippen LogP contribution in [-0.4, -0.2) is 47.6 Å². The van der Waals surface area contributed by atoms with Crippen LogP contribution in [0.5, 0.6) is 5.75 Å². The van der Waals surface area contributed by atoms with Gasteiger partial charge in [0, 0.05) is 18.7 Å². The Labute approximate surface area is 142 Å². The van der Waals surface area contributed by atoms with Gasteiger partial charge >= 0.3 is 0 Å². The van der Waals surface area contributed by atoms with Gasteiger partial charge in [0.1, 0.15) is 5.75 Å². The van der Waals surface area contributed by atoms with E-state index >= 15 is 0 Å². The zero-order valence-corrected chi connectivity index (χ0v) is 13.4. The summed E-state index contributed by atoms with van der Waals surface area (Å²) in [5, 5.41) is 14.0. The van der Waals surface area contributed by atoms with Crippen molar-refractivity contribution < 1.29 is 14.2 Å². The molecule has 24 heavy (non-hydrogen) atoms. The lowest BCUT2D eigenvalue weighted by atomic mass is 10.2. The fourth-order valence-electron chi connectivity index (χ4n) is 2.20. The van der Waals surface area contributed by atoms with Gasteiger partial charge in [-0.05, 0) is 12.1 Å². The second kappa shape index (κ2) is 7.41. The van der Waals surface area contributed by atoms with E-state index in [1.54, 1.807) is 23.1 Å². The second-order valence-electron chi connectivity index (χ2n) is 5.01. The fourth-order valence-corrected chi connectivity index (χ4v) is 2.39. The summed E-state index contributed by atoms with van der Waals surface area (Å²) in [6, 6.07) is 4.91. The van der Waals surface area contributed by atoms with E-state index in [2.05, 4.69) is 20.5 Å². The van der Waals surface area contributed by atoms with Crippen molar-refractivity contribution in [2.24, 2.45) is 5.10 Å². The number of para-hydroxylation sites is 1. The standard InChI is InChI=1S/C15H15ClFN5O2/c16-11-3-1-2-10(13(11)23)8-19-21-15-18-9-12(17)14(20-15)22-4-6-24-7-5-22/h1-3,8-9,23H,4-7H2,(H,18,20,21)/b19-8+. The quantitative estimate of drug-likeness (QED) is 0.649. The number of nitrogens with zero attached hydrogens (tertiary/aromatic N) is 4. The van der Waals surface area contributed by atoms with Crippen LogP contribution in [0.4, 0.5) is 16.2 Å². The van der Waals surface area contributed by atoms with Crippen molar-refractivity contribution in [3.63, 3.8) is 0 Å². The summed E-state index contributed by atoms with van der Waals surface area (Å²) in [4.78, 5) is 9.78. The Morgan fingerprint density at radius 2 is 2.17 bits per heavy atom. The average Bonchev–Trinajstić information content (AvgIpc) is 2.61. The van der Waals surface area contributed by atoms with Crippen molar-refractivity contribution >= 4 is 29.6 Å². The van der Waals surface area contributed by atoms with Crippen LogP contribution < -0.4 is 10.3 Å². The van der Waals surface area contributed by atoms with E-state index in [1.807, 2.05) is 0 Å². The molecule has 1 saturated heterocycles. The third-order valence-electron chi connectivity index (χ3n) is 3.42. The largest absolute Gasteiger partial charge is 0.506 e. The highest BCUT2D eigenvalue weighted by Gasteiger charge is 2.17. The highest BCUT2D eigenvalue weighted by atomic mass is 35.5. The molecule has 2 heterocycles. The molecule has 3 rings (SSSR count). The van der Waals surface area contributed by atoms with Gasteiger partial charge in [-0.1, -0.05) is 17.7 Å². The Hall–Kier alpha value is -2.45. The molecule has 0 radical (unpaired) electrons. The van der Waals surface area contributed by atoms with E-state index in [0.29, 0.717) is 31.9 Å². The molecule has 0 spiro atoms. The number of phenols is 1.